The van der Waals surface area contributed by atoms with E-state index in [9.17, 15) is 4.79 Å². The van der Waals surface area contributed by atoms with Crippen LogP contribution in [0.5, 0.6) is 5.75 Å². The third kappa shape index (κ3) is 3.56. The number of fused-ring (bicyclic) bond motifs is 1. The minimum absolute atomic E-state index is 0.218. The van der Waals surface area contributed by atoms with E-state index in [0.29, 0.717) is 12.1 Å². The fraction of sp³-hybridized carbons (Fsp3) is 0.278. The van der Waals surface area contributed by atoms with E-state index in [1.807, 2.05) is 24.3 Å². The van der Waals surface area contributed by atoms with Gasteiger partial charge in [0.05, 0.1) is 18.8 Å². The summed E-state index contributed by atoms with van der Waals surface area (Å²) >= 11 is 1.80. The number of aromatic carboxylic acids is 1. The van der Waals surface area contributed by atoms with Gasteiger partial charge in [-0.1, -0.05) is 12.1 Å². The van der Waals surface area contributed by atoms with Gasteiger partial charge in [-0.3, -0.25) is 4.90 Å². The topological polar surface area (TPSA) is 75.8 Å². The first-order chi connectivity index (χ1) is 11.6. The highest BCUT2D eigenvalue weighted by Gasteiger charge is 2.23. The van der Waals surface area contributed by atoms with Gasteiger partial charge in [0.15, 0.2) is 0 Å². The molecule has 0 aliphatic carbocycles. The van der Waals surface area contributed by atoms with E-state index in [4.69, 9.17) is 15.6 Å². The van der Waals surface area contributed by atoms with Gasteiger partial charge in [-0.15, -0.1) is 11.8 Å². The molecule has 2 aromatic rings. The number of rotatable bonds is 4. The van der Waals surface area contributed by atoms with Gasteiger partial charge in [0.25, 0.3) is 0 Å². The van der Waals surface area contributed by atoms with E-state index in [2.05, 4.69) is 11.0 Å². The van der Waals surface area contributed by atoms with Crippen molar-refractivity contribution in [3.05, 3.63) is 59.2 Å². The summed E-state index contributed by atoms with van der Waals surface area (Å²) < 4.78 is 5.32. The molecule has 1 heterocycles. The van der Waals surface area contributed by atoms with Crippen LogP contribution in [0.4, 0.5) is 0 Å². The number of hydrogen-bond acceptors (Lipinski definition) is 5. The lowest BCUT2D eigenvalue weighted by Gasteiger charge is -2.27. The Morgan fingerprint density at radius 3 is 2.75 bits per heavy atom. The van der Waals surface area contributed by atoms with Gasteiger partial charge < -0.3 is 15.6 Å². The zero-order chi connectivity index (χ0) is 17.1. The molecule has 6 heteroatoms. The second-order valence-corrected chi connectivity index (χ2v) is 6.81. The molecule has 1 aliphatic rings. The van der Waals surface area contributed by atoms with Crippen molar-refractivity contribution in [1.82, 2.24) is 4.90 Å². The van der Waals surface area contributed by atoms with Crippen molar-refractivity contribution in [1.29, 1.82) is 0 Å². The highest BCUT2D eigenvalue weighted by atomic mass is 32.2. The van der Waals surface area contributed by atoms with E-state index in [-0.39, 0.29) is 6.17 Å². The maximum Gasteiger partial charge on any atom is 0.335 e. The number of methoxy groups -OCH3 is 1. The lowest BCUT2D eigenvalue weighted by molar-refractivity contribution is 0.0697. The number of benzene rings is 2. The number of carbonyl (C=O) groups is 1. The average Bonchev–Trinajstić information content (AvgIpc) is 2.75. The van der Waals surface area contributed by atoms with Crippen LogP contribution in [-0.2, 0) is 6.54 Å². The molecule has 0 aromatic heterocycles. The highest BCUT2D eigenvalue weighted by molar-refractivity contribution is 7.99. The normalized spacial score (nSPS) is 17.8. The Kier molecular flexibility index (Phi) is 5.08. The number of hydrogen-bond donors (Lipinski definition) is 2. The summed E-state index contributed by atoms with van der Waals surface area (Å²) in [6.07, 6.45) is -0.218. The van der Waals surface area contributed by atoms with Crippen LogP contribution < -0.4 is 10.5 Å². The zero-order valence-corrected chi connectivity index (χ0v) is 14.3. The van der Waals surface area contributed by atoms with Crippen LogP contribution in [0.25, 0.3) is 0 Å². The summed E-state index contributed by atoms with van der Waals surface area (Å²) in [6.45, 7) is 1.54. The number of thioether (sulfide) groups is 1. The van der Waals surface area contributed by atoms with E-state index in [0.717, 1.165) is 29.2 Å². The first-order valence-corrected chi connectivity index (χ1v) is 8.69. The Balaban J connectivity index is 1.81. The Morgan fingerprint density at radius 1 is 1.33 bits per heavy atom. The number of nitrogens with zero attached hydrogens (tertiary/aromatic N) is 1. The Morgan fingerprint density at radius 2 is 2.08 bits per heavy atom. The molecule has 0 saturated heterocycles. The molecule has 1 aliphatic heterocycles. The molecular formula is C18H20N2O3S. The summed E-state index contributed by atoms with van der Waals surface area (Å²) in [5.41, 5.74) is 8.92. The molecule has 2 aromatic carbocycles. The second kappa shape index (κ2) is 7.25. The van der Waals surface area contributed by atoms with Crippen LogP contribution in [0.2, 0.25) is 0 Å². The van der Waals surface area contributed by atoms with Crippen molar-refractivity contribution in [3.63, 3.8) is 0 Å². The van der Waals surface area contributed by atoms with E-state index >= 15 is 0 Å². The second-order valence-electron chi connectivity index (χ2n) is 5.67. The average molecular weight is 344 g/mol. The van der Waals surface area contributed by atoms with E-state index in [1.54, 1.807) is 31.0 Å². The van der Waals surface area contributed by atoms with E-state index < -0.39 is 5.97 Å². The predicted molar refractivity (Wildman–Crippen MR) is 94.5 cm³/mol. The molecule has 0 radical (unpaired) electrons. The van der Waals surface area contributed by atoms with Gasteiger partial charge >= 0.3 is 5.97 Å². The zero-order valence-electron chi connectivity index (χ0n) is 13.4. The standard InChI is InChI=1S/C18H20N2O3S/c1-23-14-6-7-16-15(10-14)17(19)20(8-9-24-16)11-12-2-4-13(5-3-12)18(21)22/h2-7,10,17H,8-9,11,19H2,1H3,(H,21,22). The summed E-state index contributed by atoms with van der Waals surface area (Å²) in [7, 11) is 1.65. The lowest BCUT2D eigenvalue weighted by Crippen LogP contribution is -2.34. The fourth-order valence-corrected chi connectivity index (χ4v) is 3.85. The molecule has 1 atom stereocenters. The van der Waals surface area contributed by atoms with Crippen LogP contribution in [0.1, 0.15) is 27.7 Å². The number of ether oxygens (including phenoxy) is 1. The number of carboxylic acids is 1. The van der Waals surface area contributed by atoms with Crippen molar-refractivity contribution in [2.45, 2.75) is 17.6 Å². The highest BCUT2D eigenvalue weighted by Crippen LogP contribution is 2.35. The number of carboxylic acid groups (broad SMARTS) is 1. The molecule has 0 saturated carbocycles. The molecule has 0 spiro atoms. The lowest BCUT2D eigenvalue weighted by atomic mass is 10.1. The SMILES string of the molecule is COc1ccc2c(c1)C(N)N(Cc1ccc(C(=O)O)cc1)CCS2. The largest absolute Gasteiger partial charge is 0.497 e. The van der Waals surface area contributed by atoms with Gasteiger partial charge in [0.1, 0.15) is 5.75 Å². The van der Waals surface area contributed by atoms with Crippen molar-refractivity contribution in [3.8, 4) is 5.75 Å². The Bertz CT molecular complexity index is 734. The van der Waals surface area contributed by atoms with Crippen LogP contribution in [0.3, 0.4) is 0 Å². The van der Waals surface area contributed by atoms with Crippen molar-refractivity contribution < 1.29 is 14.6 Å². The van der Waals surface area contributed by atoms with Gasteiger partial charge in [0, 0.05) is 29.3 Å². The molecule has 0 amide bonds. The summed E-state index contributed by atoms with van der Waals surface area (Å²) in [5, 5.41) is 8.99. The molecule has 0 bridgehead atoms. The van der Waals surface area contributed by atoms with Crippen molar-refractivity contribution in [2.24, 2.45) is 5.73 Å². The summed E-state index contributed by atoms with van der Waals surface area (Å²) in [6, 6.07) is 13.0. The van der Waals surface area contributed by atoms with Crippen molar-refractivity contribution >= 4 is 17.7 Å². The van der Waals surface area contributed by atoms with Gasteiger partial charge in [-0.25, -0.2) is 4.79 Å². The first-order valence-electron chi connectivity index (χ1n) is 7.71. The predicted octanol–water partition coefficient (Wildman–Crippen LogP) is 2.96. The van der Waals surface area contributed by atoms with Crippen LogP contribution in [-0.4, -0.2) is 35.4 Å². The minimum atomic E-state index is -0.912. The minimum Gasteiger partial charge on any atom is -0.497 e. The third-order valence-electron chi connectivity index (χ3n) is 4.15. The van der Waals surface area contributed by atoms with Crippen molar-refractivity contribution in [2.75, 3.05) is 19.4 Å². The maximum atomic E-state index is 11.0. The summed E-state index contributed by atoms with van der Waals surface area (Å²) in [4.78, 5) is 14.3. The molecule has 1 unspecified atom stereocenters. The molecule has 0 fully saturated rings. The molecule has 5 nitrogen and oxygen atoms in total. The molecular weight excluding hydrogens is 324 g/mol. The number of nitrogens with two attached hydrogens (primary N) is 1. The Hall–Kier alpha value is -2.02. The monoisotopic (exact) mass is 344 g/mol. The van der Waals surface area contributed by atoms with Crippen LogP contribution >= 0.6 is 11.8 Å². The first kappa shape index (κ1) is 16.8. The van der Waals surface area contributed by atoms with Gasteiger partial charge in [0.2, 0.25) is 0 Å². The maximum absolute atomic E-state index is 11.0. The van der Waals surface area contributed by atoms with Gasteiger partial charge in [-0.2, -0.15) is 0 Å². The van der Waals surface area contributed by atoms with E-state index in [1.165, 1.54) is 4.90 Å². The Labute approximate surface area is 145 Å². The summed E-state index contributed by atoms with van der Waals surface area (Å²) in [5.74, 6) is 0.850. The third-order valence-corrected chi connectivity index (χ3v) is 5.22. The molecule has 3 rings (SSSR count). The smallest absolute Gasteiger partial charge is 0.335 e. The van der Waals surface area contributed by atoms with Gasteiger partial charge in [-0.05, 0) is 35.9 Å². The van der Waals surface area contributed by atoms with Crippen LogP contribution in [0, 0.1) is 0 Å². The van der Waals surface area contributed by atoms with Crippen LogP contribution in [0.15, 0.2) is 47.4 Å². The molecule has 126 valence electrons. The fourth-order valence-electron chi connectivity index (χ4n) is 2.79. The quantitative estimate of drug-likeness (QED) is 0.888. The molecule has 24 heavy (non-hydrogen) atoms. The molecule has 3 N–H and O–H groups in total.